The van der Waals surface area contributed by atoms with Gasteiger partial charge in [-0.05, 0) is 61.6 Å². The zero-order valence-corrected chi connectivity index (χ0v) is 17.2. The van der Waals surface area contributed by atoms with Gasteiger partial charge in [-0.25, -0.2) is 13.8 Å². The van der Waals surface area contributed by atoms with E-state index in [1.165, 1.54) is 17.1 Å². The van der Waals surface area contributed by atoms with E-state index in [9.17, 15) is 13.6 Å². The van der Waals surface area contributed by atoms with Crippen molar-refractivity contribution in [1.82, 2.24) is 14.8 Å². The number of rotatable bonds is 4. The van der Waals surface area contributed by atoms with Gasteiger partial charge in [-0.2, -0.15) is 15.5 Å². The first-order chi connectivity index (χ1) is 14.9. The van der Waals surface area contributed by atoms with Crippen molar-refractivity contribution in [2.24, 2.45) is 28.8 Å². The summed E-state index contributed by atoms with van der Waals surface area (Å²) in [4.78, 5) is 13.6. The maximum atomic E-state index is 13.8. The number of aromatic nitrogens is 2. The predicted molar refractivity (Wildman–Crippen MR) is 108 cm³/mol. The lowest BCUT2D eigenvalue weighted by Gasteiger charge is -2.37. The first kappa shape index (κ1) is 19.9. The average Bonchev–Trinajstić information content (AvgIpc) is 3.36. The largest absolute Gasteiger partial charge is 0.273 e. The first-order valence-corrected chi connectivity index (χ1v) is 10.7. The predicted octanol–water partition coefficient (Wildman–Crippen LogP) is 4.04. The molecular formula is C23H23F2N5O. The minimum atomic E-state index is -0.650. The molecule has 1 aromatic carbocycles. The maximum Gasteiger partial charge on any atom is 0.246 e. The summed E-state index contributed by atoms with van der Waals surface area (Å²) in [6, 6.07) is 5.03. The van der Waals surface area contributed by atoms with Gasteiger partial charge in [0.25, 0.3) is 0 Å². The van der Waals surface area contributed by atoms with Crippen molar-refractivity contribution in [3.63, 3.8) is 0 Å². The monoisotopic (exact) mass is 423 g/mol. The minimum absolute atomic E-state index is 0.0538. The molecule has 0 bridgehead atoms. The quantitative estimate of drug-likeness (QED) is 0.745. The molecule has 0 radical (unpaired) electrons. The van der Waals surface area contributed by atoms with Crippen LogP contribution in [-0.4, -0.2) is 26.4 Å². The molecule has 1 aliphatic heterocycles. The third-order valence-electron chi connectivity index (χ3n) is 7.12. The molecule has 0 spiro atoms. The van der Waals surface area contributed by atoms with E-state index in [-0.39, 0.29) is 11.8 Å². The van der Waals surface area contributed by atoms with Crippen LogP contribution in [0.5, 0.6) is 0 Å². The Bertz CT molecular complexity index is 1080. The SMILES string of the molecule is CC1=NN(C(=O)[C@H]2CC(Cn3cc(C#N)cn3)C3CCC32)C(c2cc(F)cc(F)c2)C1. The number of hydrogen-bond acceptors (Lipinski definition) is 4. The first-order valence-electron chi connectivity index (χ1n) is 10.7. The summed E-state index contributed by atoms with van der Waals surface area (Å²) in [7, 11) is 0. The van der Waals surface area contributed by atoms with Crippen molar-refractivity contribution in [3.05, 3.63) is 53.4 Å². The summed E-state index contributed by atoms with van der Waals surface area (Å²) in [5.41, 5.74) is 1.75. The van der Waals surface area contributed by atoms with Gasteiger partial charge in [0.2, 0.25) is 5.91 Å². The normalized spacial score (nSPS) is 29.3. The molecule has 2 saturated carbocycles. The van der Waals surface area contributed by atoms with Crippen LogP contribution in [0.4, 0.5) is 8.78 Å². The molecule has 0 N–H and O–H groups in total. The van der Waals surface area contributed by atoms with Gasteiger partial charge in [-0.3, -0.25) is 9.48 Å². The maximum absolute atomic E-state index is 13.8. The molecule has 2 heterocycles. The summed E-state index contributed by atoms with van der Waals surface area (Å²) >= 11 is 0. The fourth-order valence-electron chi connectivity index (χ4n) is 5.63. The lowest BCUT2D eigenvalue weighted by atomic mass is 9.70. The summed E-state index contributed by atoms with van der Waals surface area (Å²) in [6.07, 6.45) is 6.61. The number of halogens is 2. The second kappa shape index (κ2) is 7.56. The molecule has 4 unspecified atom stereocenters. The van der Waals surface area contributed by atoms with E-state index in [0.29, 0.717) is 41.8 Å². The van der Waals surface area contributed by atoms with Gasteiger partial charge in [0.1, 0.15) is 17.7 Å². The van der Waals surface area contributed by atoms with E-state index in [0.717, 1.165) is 31.0 Å². The zero-order valence-electron chi connectivity index (χ0n) is 17.2. The number of hydrogen-bond donors (Lipinski definition) is 0. The van der Waals surface area contributed by atoms with Crippen LogP contribution in [0.1, 0.15) is 49.8 Å². The highest BCUT2D eigenvalue weighted by atomic mass is 19.1. The Morgan fingerprint density at radius 1 is 1.23 bits per heavy atom. The molecule has 3 aliphatic rings. The van der Waals surface area contributed by atoms with Crippen molar-refractivity contribution in [2.75, 3.05) is 0 Å². The highest BCUT2D eigenvalue weighted by molar-refractivity contribution is 5.89. The van der Waals surface area contributed by atoms with Crippen LogP contribution < -0.4 is 0 Å². The van der Waals surface area contributed by atoms with E-state index >= 15 is 0 Å². The summed E-state index contributed by atoms with van der Waals surface area (Å²) < 4.78 is 29.4. The van der Waals surface area contributed by atoms with Crippen LogP contribution in [0.25, 0.3) is 0 Å². The highest BCUT2D eigenvalue weighted by Crippen LogP contribution is 2.55. The van der Waals surface area contributed by atoms with Crippen molar-refractivity contribution in [3.8, 4) is 6.07 Å². The van der Waals surface area contributed by atoms with Crippen molar-refractivity contribution < 1.29 is 13.6 Å². The molecule has 6 nitrogen and oxygen atoms in total. The van der Waals surface area contributed by atoms with Crippen molar-refractivity contribution in [1.29, 1.82) is 5.26 Å². The number of nitrogens with zero attached hydrogens (tertiary/aromatic N) is 5. The zero-order chi connectivity index (χ0) is 21.7. The standard InChI is InChI=1S/C23H23F2N5O/c1-13-4-22(15-5-17(24)8-18(25)6-15)30(28-13)23(31)21-7-16(19-2-3-20(19)21)12-29-11-14(9-26)10-27-29/h5-6,8,10-11,16,19-22H,2-4,7,12H2,1H3/t16?,19?,20?,21-,22?/m0/s1. The molecule has 5 atom stereocenters. The van der Waals surface area contributed by atoms with E-state index in [1.54, 1.807) is 17.1 Å². The molecule has 5 rings (SSSR count). The third kappa shape index (κ3) is 3.52. The molecular weight excluding hydrogens is 400 g/mol. The van der Waals surface area contributed by atoms with E-state index < -0.39 is 17.7 Å². The molecule has 2 fully saturated rings. The summed E-state index contributed by atoms with van der Waals surface area (Å²) in [5, 5.41) is 19.2. The Morgan fingerprint density at radius 2 is 1.97 bits per heavy atom. The highest BCUT2D eigenvalue weighted by Gasteiger charge is 2.53. The third-order valence-corrected chi connectivity index (χ3v) is 7.12. The Labute approximate surface area is 179 Å². The lowest BCUT2D eigenvalue weighted by molar-refractivity contribution is -0.139. The van der Waals surface area contributed by atoms with Gasteiger partial charge in [0.05, 0.1) is 17.8 Å². The molecule has 0 saturated heterocycles. The topological polar surface area (TPSA) is 74.3 Å². The Balaban J connectivity index is 1.35. The number of carbonyl (C=O) groups is 1. The van der Waals surface area contributed by atoms with Crippen molar-refractivity contribution in [2.45, 2.75) is 45.2 Å². The van der Waals surface area contributed by atoms with Crippen LogP contribution in [-0.2, 0) is 11.3 Å². The second-order valence-corrected chi connectivity index (χ2v) is 9.01. The van der Waals surface area contributed by atoms with Crippen LogP contribution in [0.2, 0.25) is 0 Å². The van der Waals surface area contributed by atoms with E-state index in [2.05, 4.69) is 16.3 Å². The summed E-state index contributed by atoms with van der Waals surface area (Å²) in [5.74, 6) is -0.416. The number of benzene rings is 1. The Hall–Kier alpha value is -3.08. The van der Waals surface area contributed by atoms with Gasteiger partial charge in [0.15, 0.2) is 0 Å². The molecule has 2 aliphatic carbocycles. The van der Waals surface area contributed by atoms with Crippen LogP contribution in [0.3, 0.4) is 0 Å². The molecule has 31 heavy (non-hydrogen) atoms. The van der Waals surface area contributed by atoms with Crippen LogP contribution in [0, 0.1) is 46.6 Å². The summed E-state index contributed by atoms with van der Waals surface area (Å²) in [6.45, 7) is 2.53. The second-order valence-electron chi connectivity index (χ2n) is 9.01. The van der Waals surface area contributed by atoms with Gasteiger partial charge >= 0.3 is 0 Å². The molecule has 8 heteroatoms. The van der Waals surface area contributed by atoms with E-state index in [4.69, 9.17) is 5.26 Å². The Kier molecular flexibility index (Phi) is 4.84. The molecule has 1 amide bonds. The van der Waals surface area contributed by atoms with E-state index in [1.807, 2.05) is 6.92 Å². The fourth-order valence-corrected chi connectivity index (χ4v) is 5.63. The number of hydrazone groups is 1. The van der Waals surface area contributed by atoms with Crippen LogP contribution in [0.15, 0.2) is 35.7 Å². The molecule has 160 valence electrons. The van der Waals surface area contributed by atoms with Gasteiger partial charge in [-0.1, -0.05) is 0 Å². The average molecular weight is 423 g/mol. The fraction of sp³-hybridized carbons (Fsp3) is 0.478. The minimum Gasteiger partial charge on any atom is -0.273 e. The number of amides is 1. The Morgan fingerprint density at radius 3 is 2.61 bits per heavy atom. The smallest absolute Gasteiger partial charge is 0.246 e. The molecule has 1 aromatic heterocycles. The molecule has 2 aromatic rings. The number of nitriles is 1. The van der Waals surface area contributed by atoms with Gasteiger partial charge in [0, 0.05) is 36.9 Å². The van der Waals surface area contributed by atoms with Crippen molar-refractivity contribution >= 4 is 11.6 Å². The van der Waals surface area contributed by atoms with Gasteiger partial charge in [-0.15, -0.1) is 0 Å². The number of fused-ring (bicyclic) bond motifs is 1. The lowest BCUT2D eigenvalue weighted by Crippen LogP contribution is -2.38. The van der Waals surface area contributed by atoms with Crippen LogP contribution >= 0.6 is 0 Å². The van der Waals surface area contributed by atoms with Gasteiger partial charge < -0.3 is 0 Å². The number of carbonyl (C=O) groups excluding carboxylic acids is 1.